The Bertz CT molecular complexity index is 1210. The minimum Gasteiger partial charge on any atom is -0.493 e. The largest absolute Gasteiger partial charge is 0.493 e. The van der Waals surface area contributed by atoms with Gasteiger partial charge < -0.3 is 23.0 Å². The van der Waals surface area contributed by atoms with Crippen molar-refractivity contribution in [2.24, 2.45) is 0 Å². The minimum atomic E-state index is 0.698. The van der Waals surface area contributed by atoms with E-state index in [1.165, 1.54) is 16.7 Å². The second-order valence-electron chi connectivity index (χ2n) is 7.74. The van der Waals surface area contributed by atoms with Crippen LogP contribution in [0.5, 0.6) is 17.2 Å². The van der Waals surface area contributed by atoms with Gasteiger partial charge in [-0.3, -0.25) is 4.90 Å². The number of hydrogen-bond donors (Lipinski definition) is 0. The molecule has 2 aromatic carbocycles. The van der Waals surface area contributed by atoms with E-state index in [1.54, 1.807) is 27.6 Å². The number of methoxy groups -OCH3 is 3. The number of hydrogen-bond acceptors (Lipinski definition) is 6. The molecule has 1 aliphatic rings. The first-order valence-corrected chi connectivity index (χ1v) is 10.3. The van der Waals surface area contributed by atoms with Crippen LogP contribution in [0.25, 0.3) is 22.5 Å². The number of benzene rings is 2. The van der Waals surface area contributed by atoms with E-state index in [2.05, 4.69) is 29.2 Å². The molecule has 6 heteroatoms. The van der Waals surface area contributed by atoms with Crippen LogP contribution in [0.2, 0.25) is 0 Å². The molecule has 0 amide bonds. The fourth-order valence-electron chi connectivity index (χ4n) is 4.30. The molecule has 4 aromatic rings. The van der Waals surface area contributed by atoms with E-state index < -0.39 is 0 Å². The molecule has 0 saturated carbocycles. The Balaban J connectivity index is 1.42. The summed E-state index contributed by atoms with van der Waals surface area (Å²) in [4.78, 5) is 2.43. The van der Waals surface area contributed by atoms with Crippen molar-refractivity contribution >= 4 is 11.0 Å². The van der Waals surface area contributed by atoms with Gasteiger partial charge in [-0.15, -0.1) is 0 Å². The summed E-state index contributed by atoms with van der Waals surface area (Å²) in [6.45, 7) is 2.66. The van der Waals surface area contributed by atoms with Crippen molar-refractivity contribution in [2.45, 2.75) is 19.5 Å². The van der Waals surface area contributed by atoms with Crippen LogP contribution in [0.1, 0.15) is 16.7 Å². The van der Waals surface area contributed by atoms with Crippen LogP contribution in [-0.4, -0.2) is 32.8 Å². The second kappa shape index (κ2) is 8.04. The van der Waals surface area contributed by atoms with Gasteiger partial charge in [0.15, 0.2) is 34.4 Å². The van der Waals surface area contributed by atoms with Crippen LogP contribution < -0.4 is 14.2 Å². The van der Waals surface area contributed by atoms with Crippen molar-refractivity contribution in [1.29, 1.82) is 0 Å². The smallest absolute Gasteiger partial charge is 0.176 e. The fraction of sp³-hybridized carbons (Fsp3) is 0.280. The number of nitrogens with zero attached hydrogens (tertiary/aromatic N) is 1. The Hall–Kier alpha value is -3.38. The highest BCUT2D eigenvalue weighted by molar-refractivity contribution is 5.87. The summed E-state index contributed by atoms with van der Waals surface area (Å²) in [6, 6.07) is 14.2. The van der Waals surface area contributed by atoms with Gasteiger partial charge in [0.1, 0.15) is 0 Å². The second-order valence-corrected chi connectivity index (χ2v) is 7.74. The zero-order valence-electron chi connectivity index (χ0n) is 17.9. The van der Waals surface area contributed by atoms with Gasteiger partial charge in [-0.25, -0.2) is 0 Å². The summed E-state index contributed by atoms with van der Waals surface area (Å²) in [5.74, 6) is 3.70. The third kappa shape index (κ3) is 3.64. The van der Waals surface area contributed by atoms with Crippen LogP contribution in [0.4, 0.5) is 0 Å². The highest BCUT2D eigenvalue weighted by Crippen LogP contribution is 2.36. The Morgan fingerprint density at radius 3 is 2.35 bits per heavy atom. The first-order valence-electron chi connectivity index (χ1n) is 10.3. The predicted molar refractivity (Wildman–Crippen MR) is 118 cm³/mol. The predicted octanol–water partition coefficient (Wildman–Crippen LogP) is 5.28. The minimum absolute atomic E-state index is 0.698. The highest BCUT2D eigenvalue weighted by Gasteiger charge is 2.21. The lowest BCUT2D eigenvalue weighted by Gasteiger charge is -2.29. The molecule has 0 radical (unpaired) electrons. The maximum Gasteiger partial charge on any atom is 0.176 e. The maximum absolute atomic E-state index is 6.02. The molecule has 0 atom stereocenters. The molecule has 6 nitrogen and oxygen atoms in total. The molecule has 1 aliphatic heterocycles. The Morgan fingerprint density at radius 2 is 1.65 bits per heavy atom. The number of fused-ring (bicyclic) bond motifs is 2. The van der Waals surface area contributed by atoms with E-state index in [1.807, 2.05) is 18.2 Å². The average molecular weight is 419 g/mol. The third-order valence-electron chi connectivity index (χ3n) is 5.83. The van der Waals surface area contributed by atoms with Crippen LogP contribution in [-0.2, 0) is 19.5 Å². The molecule has 0 spiro atoms. The molecule has 0 bridgehead atoms. The van der Waals surface area contributed by atoms with Crippen molar-refractivity contribution in [3.05, 3.63) is 65.4 Å². The molecule has 0 saturated heterocycles. The summed E-state index contributed by atoms with van der Waals surface area (Å²) >= 11 is 0. The summed E-state index contributed by atoms with van der Waals surface area (Å²) in [6.07, 6.45) is 2.62. The van der Waals surface area contributed by atoms with Gasteiger partial charge in [-0.2, -0.15) is 0 Å². The van der Waals surface area contributed by atoms with E-state index in [0.29, 0.717) is 11.5 Å². The van der Waals surface area contributed by atoms with E-state index in [0.717, 1.165) is 54.3 Å². The maximum atomic E-state index is 6.02. The summed E-state index contributed by atoms with van der Waals surface area (Å²) < 4.78 is 28.1. The molecule has 0 unspecified atom stereocenters. The van der Waals surface area contributed by atoms with Crippen molar-refractivity contribution in [3.8, 4) is 28.8 Å². The molecule has 2 aromatic heterocycles. The lowest BCUT2D eigenvalue weighted by molar-refractivity contribution is 0.244. The van der Waals surface area contributed by atoms with Crippen LogP contribution in [0.3, 0.4) is 0 Å². The molecular weight excluding hydrogens is 394 g/mol. The van der Waals surface area contributed by atoms with E-state index in [-0.39, 0.29) is 0 Å². The molecular formula is C25H25NO5. The van der Waals surface area contributed by atoms with Crippen molar-refractivity contribution in [1.82, 2.24) is 4.90 Å². The van der Waals surface area contributed by atoms with E-state index in [4.69, 9.17) is 23.0 Å². The van der Waals surface area contributed by atoms with Crippen molar-refractivity contribution < 1.29 is 23.0 Å². The zero-order valence-corrected chi connectivity index (χ0v) is 17.9. The fourth-order valence-corrected chi connectivity index (χ4v) is 4.30. The zero-order chi connectivity index (χ0) is 21.4. The number of rotatable bonds is 6. The van der Waals surface area contributed by atoms with E-state index in [9.17, 15) is 0 Å². The quantitative estimate of drug-likeness (QED) is 0.424. The van der Waals surface area contributed by atoms with Gasteiger partial charge in [0.2, 0.25) is 0 Å². The van der Waals surface area contributed by atoms with Gasteiger partial charge >= 0.3 is 0 Å². The Labute approximate surface area is 180 Å². The first kappa shape index (κ1) is 19.6. The van der Waals surface area contributed by atoms with Gasteiger partial charge in [0.05, 0.1) is 27.6 Å². The molecule has 3 heterocycles. The monoisotopic (exact) mass is 419 g/mol. The van der Waals surface area contributed by atoms with Gasteiger partial charge in [-0.05, 0) is 65.6 Å². The van der Waals surface area contributed by atoms with Crippen LogP contribution in [0, 0.1) is 0 Å². The first-order chi connectivity index (χ1) is 15.2. The standard InChI is InChI=1S/C25H25NO5/c1-27-21-11-17-6-7-26(15-19(17)13-22(21)28-2)14-16-9-18-12-23(20-5-4-8-30-20)31-25(18)24(10-16)29-3/h4-5,8-13H,6-7,14-15H2,1-3H3. The van der Waals surface area contributed by atoms with E-state index >= 15 is 0 Å². The summed E-state index contributed by atoms with van der Waals surface area (Å²) in [5.41, 5.74) is 4.51. The Kier molecular flexibility index (Phi) is 5.08. The van der Waals surface area contributed by atoms with Crippen LogP contribution >= 0.6 is 0 Å². The highest BCUT2D eigenvalue weighted by atomic mass is 16.5. The van der Waals surface area contributed by atoms with Crippen molar-refractivity contribution in [2.75, 3.05) is 27.9 Å². The van der Waals surface area contributed by atoms with Gasteiger partial charge in [0, 0.05) is 25.0 Å². The lowest BCUT2D eigenvalue weighted by atomic mass is 9.98. The topological polar surface area (TPSA) is 57.2 Å². The summed E-state index contributed by atoms with van der Waals surface area (Å²) in [5, 5.41) is 1.00. The number of furan rings is 2. The third-order valence-corrected chi connectivity index (χ3v) is 5.83. The molecule has 0 N–H and O–H groups in total. The van der Waals surface area contributed by atoms with Gasteiger partial charge in [0.25, 0.3) is 0 Å². The lowest BCUT2D eigenvalue weighted by Crippen LogP contribution is -2.30. The average Bonchev–Trinajstić information content (AvgIpc) is 3.47. The molecule has 5 rings (SSSR count). The van der Waals surface area contributed by atoms with Gasteiger partial charge in [-0.1, -0.05) is 0 Å². The normalized spacial score (nSPS) is 13.9. The summed E-state index contributed by atoms with van der Waals surface area (Å²) in [7, 11) is 5.02. The molecule has 31 heavy (non-hydrogen) atoms. The van der Waals surface area contributed by atoms with Crippen LogP contribution in [0.15, 0.2) is 57.6 Å². The Morgan fingerprint density at radius 1 is 0.871 bits per heavy atom. The molecule has 160 valence electrons. The van der Waals surface area contributed by atoms with Crippen molar-refractivity contribution in [3.63, 3.8) is 0 Å². The molecule has 0 aliphatic carbocycles. The SMILES string of the molecule is COc1cc2c(cc1OC)CN(Cc1cc(OC)c3oc(-c4ccco4)cc3c1)CC2. The molecule has 0 fully saturated rings. The number of ether oxygens (including phenoxy) is 3.